The van der Waals surface area contributed by atoms with Gasteiger partial charge in [-0.15, -0.1) is 0 Å². The number of carbonyl (C=O) groups excluding carboxylic acids is 1. The van der Waals surface area contributed by atoms with Crippen LogP contribution in [0.15, 0.2) is 65.6 Å². The van der Waals surface area contributed by atoms with Crippen molar-refractivity contribution >= 4 is 28.6 Å². The molecule has 0 aliphatic rings. The van der Waals surface area contributed by atoms with Gasteiger partial charge < -0.3 is 0 Å². The van der Waals surface area contributed by atoms with Crippen LogP contribution in [-0.4, -0.2) is 9.76 Å². The molecule has 4 heteroatoms. The second kappa shape index (κ2) is 5.86. The summed E-state index contributed by atoms with van der Waals surface area (Å²) < 4.78 is 1.91. The van der Waals surface area contributed by atoms with Gasteiger partial charge in [0.15, 0.2) is 5.78 Å². The van der Waals surface area contributed by atoms with Crippen LogP contribution in [0.2, 0.25) is 0 Å². The molecule has 0 fully saturated rings. The van der Waals surface area contributed by atoms with E-state index >= 15 is 0 Å². The van der Waals surface area contributed by atoms with Crippen LogP contribution in [0, 0.1) is 11.3 Å². The Balaban J connectivity index is 2.12. The Morgan fingerprint density at radius 3 is 2.57 bits per heavy atom. The van der Waals surface area contributed by atoms with Crippen LogP contribution in [0.25, 0.3) is 10.9 Å². The molecule has 0 saturated heterocycles. The predicted molar refractivity (Wildman–Crippen MR) is 84.2 cm³/mol. The minimum absolute atomic E-state index is 0.105. The van der Waals surface area contributed by atoms with Gasteiger partial charge >= 0.3 is 0 Å². The number of nitrogens with zero attached hydrogens (tertiary/aromatic N) is 2. The van der Waals surface area contributed by atoms with Crippen molar-refractivity contribution < 1.29 is 4.79 Å². The molecule has 3 rings (SSSR count). The minimum atomic E-state index is -0.155. The lowest BCUT2D eigenvalue weighted by Gasteiger charge is -2.08. The summed E-state index contributed by atoms with van der Waals surface area (Å²) in [6, 6.07) is 21.5. The van der Waals surface area contributed by atoms with Crippen LogP contribution in [0.4, 0.5) is 0 Å². The van der Waals surface area contributed by atoms with E-state index in [2.05, 4.69) is 0 Å². The molecule has 0 bridgehead atoms. The van der Waals surface area contributed by atoms with E-state index < -0.39 is 0 Å². The maximum absolute atomic E-state index is 12.2. The smallest absolute Gasteiger partial charge is 0.194 e. The molecule has 0 amide bonds. The number of hydrogen-bond donors (Lipinski definition) is 0. The molecule has 0 unspecified atom stereocenters. The van der Waals surface area contributed by atoms with Crippen LogP contribution >= 0.6 is 11.9 Å². The molecular weight excluding hydrogens is 280 g/mol. The van der Waals surface area contributed by atoms with Crippen LogP contribution in [0.3, 0.4) is 0 Å². The summed E-state index contributed by atoms with van der Waals surface area (Å²) in [6.07, 6.45) is -0.105. The van der Waals surface area contributed by atoms with E-state index in [-0.39, 0.29) is 12.2 Å². The normalized spacial score (nSPS) is 10.4. The lowest BCUT2D eigenvalue weighted by molar-refractivity contribution is 0.0993. The van der Waals surface area contributed by atoms with Crippen molar-refractivity contribution in [2.75, 3.05) is 0 Å². The molecular formula is C17H12N2OS. The molecule has 0 atom stereocenters. The number of ketones is 1. The van der Waals surface area contributed by atoms with Crippen LogP contribution in [0.5, 0.6) is 0 Å². The zero-order valence-corrected chi connectivity index (χ0v) is 12.0. The van der Waals surface area contributed by atoms with Gasteiger partial charge in [0.05, 0.1) is 17.3 Å². The number of carbonyl (C=O) groups is 1. The molecule has 2 aromatic carbocycles. The molecule has 0 spiro atoms. The van der Waals surface area contributed by atoms with Crippen molar-refractivity contribution in [2.45, 2.75) is 11.3 Å². The second-order valence-electron chi connectivity index (χ2n) is 4.55. The number of Topliss-reactive ketones (excluding diaryl/α,β-unsaturated/α-hetero) is 1. The fraction of sp³-hybridized carbons (Fsp3) is 0.0588. The summed E-state index contributed by atoms with van der Waals surface area (Å²) in [5.41, 5.74) is 1.54. The highest BCUT2D eigenvalue weighted by Gasteiger charge is 2.16. The lowest BCUT2D eigenvalue weighted by atomic mass is 10.2. The van der Waals surface area contributed by atoms with Gasteiger partial charge in [0, 0.05) is 10.3 Å². The van der Waals surface area contributed by atoms with Crippen molar-refractivity contribution in [3.8, 4) is 6.07 Å². The Kier molecular flexibility index (Phi) is 3.76. The zero-order chi connectivity index (χ0) is 14.7. The highest BCUT2D eigenvalue weighted by atomic mass is 32.2. The fourth-order valence-corrected chi connectivity index (χ4v) is 3.18. The van der Waals surface area contributed by atoms with Crippen LogP contribution in [0.1, 0.15) is 16.9 Å². The Hall–Kier alpha value is -2.51. The van der Waals surface area contributed by atoms with Crippen LogP contribution < -0.4 is 0 Å². The number of rotatable bonds is 4. The first-order chi connectivity index (χ1) is 10.3. The topological polar surface area (TPSA) is 45.8 Å². The largest absolute Gasteiger partial charge is 0.291 e. The van der Waals surface area contributed by atoms with Crippen molar-refractivity contribution in [1.82, 2.24) is 3.97 Å². The highest BCUT2D eigenvalue weighted by Crippen LogP contribution is 2.30. The van der Waals surface area contributed by atoms with E-state index in [4.69, 9.17) is 5.26 Å². The molecule has 1 heterocycles. The summed E-state index contributed by atoms with van der Waals surface area (Å²) in [7, 11) is 0. The molecule has 3 aromatic rings. The van der Waals surface area contributed by atoms with Gasteiger partial charge in [0.25, 0.3) is 0 Å². The van der Waals surface area contributed by atoms with Crippen molar-refractivity contribution in [1.29, 1.82) is 5.26 Å². The fourth-order valence-electron chi connectivity index (χ4n) is 2.17. The first-order valence-electron chi connectivity index (χ1n) is 6.53. The predicted octanol–water partition coefficient (Wildman–Crippen LogP) is 4.29. The monoisotopic (exact) mass is 292 g/mol. The summed E-state index contributed by atoms with van der Waals surface area (Å²) in [6.45, 7) is 0. The molecule has 0 radical (unpaired) electrons. The number of aromatic nitrogens is 1. The maximum atomic E-state index is 12.2. The first-order valence-corrected chi connectivity index (χ1v) is 7.31. The van der Waals surface area contributed by atoms with Gasteiger partial charge in [-0.25, -0.2) is 0 Å². The van der Waals surface area contributed by atoms with Gasteiger partial charge in [-0.05, 0) is 36.2 Å². The molecule has 1 aromatic heterocycles. The number of fused-ring (bicyclic) bond motifs is 1. The highest BCUT2D eigenvalue weighted by molar-refractivity contribution is 7.98. The average molecular weight is 292 g/mol. The summed E-state index contributed by atoms with van der Waals surface area (Å²) in [4.78, 5) is 13.2. The third kappa shape index (κ3) is 2.69. The molecule has 3 nitrogen and oxygen atoms in total. The third-order valence-electron chi connectivity index (χ3n) is 3.13. The van der Waals surface area contributed by atoms with Gasteiger partial charge in [0.2, 0.25) is 0 Å². The number of benzene rings is 2. The third-order valence-corrected chi connectivity index (χ3v) is 4.19. The SMILES string of the molecule is N#CCC(=O)c1cc2ccccc2n1Sc1ccccc1. The Morgan fingerprint density at radius 2 is 1.81 bits per heavy atom. The van der Waals surface area contributed by atoms with E-state index in [9.17, 15) is 4.79 Å². The van der Waals surface area contributed by atoms with Gasteiger partial charge in [-0.3, -0.25) is 8.77 Å². The Labute approximate surface area is 126 Å². The van der Waals surface area contributed by atoms with E-state index in [1.807, 2.05) is 70.7 Å². The standard InChI is InChI=1S/C17H12N2OS/c18-11-10-17(20)16-12-13-6-4-5-9-15(13)19(16)21-14-7-2-1-3-8-14/h1-9,12H,10H2. The van der Waals surface area contributed by atoms with Gasteiger partial charge in [-0.2, -0.15) is 5.26 Å². The van der Waals surface area contributed by atoms with Gasteiger partial charge in [0.1, 0.15) is 6.42 Å². The summed E-state index contributed by atoms with van der Waals surface area (Å²) in [5.74, 6) is -0.155. The second-order valence-corrected chi connectivity index (χ2v) is 5.56. The zero-order valence-electron chi connectivity index (χ0n) is 11.2. The molecule has 0 aliphatic carbocycles. The van der Waals surface area contributed by atoms with Crippen molar-refractivity contribution in [3.63, 3.8) is 0 Å². The molecule has 102 valence electrons. The number of hydrogen-bond acceptors (Lipinski definition) is 3. The number of nitriles is 1. The van der Waals surface area contributed by atoms with Crippen molar-refractivity contribution in [3.05, 3.63) is 66.4 Å². The molecule has 21 heavy (non-hydrogen) atoms. The molecule has 0 saturated carbocycles. The van der Waals surface area contributed by atoms with E-state index in [1.54, 1.807) is 0 Å². The molecule has 0 N–H and O–H groups in total. The molecule has 0 aliphatic heterocycles. The lowest BCUT2D eigenvalue weighted by Crippen LogP contribution is -2.03. The first kappa shape index (κ1) is 13.5. The summed E-state index contributed by atoms with van der Waals surface area (Å²) in [5, 5.41) is 9.77. The van der Waals surface area contributed by atoms with E-state index in [0.29, 0.717) is 5.69 Å². The van der Waals surface area contributed by atoms with E-state index in [0.717, 1.165) is 15.8 Å². The van der Waals surface area contributed by atoms with E-state index in [1.165, 1.54) is 11.9 Å². The number of para-hydroxylation sites is 1. The van der Waals surface area contributed by atoms with Gasteiger partial charge in [-0.1, -0.05) is 36.4 Å². The minimum Gasteiger partial charge on any atom is -0.291 e. The van der Waals surface area contributed by atoms with Crippen molar-refractivity contribution in [2.24, 2.45) is 0 Å². The maximum Gasteiger partial charge on any atom is 0.194 e. The average Bonchev–Trinajstić information content (AvgIpc) is 2.88. The summed E-state index contributed by atoms with van der Waals surface area (Å²) >= 11 is 1.49. The quantitative estimate of drug-likeness (QED) is 0.674. The Morgan fingerprint density at radius 1 is 1.10 bits per heavy atom. The van der Waals surface area contributed by atoms with Crippen LogP contribution in [-0.2, 0) is 0 Å². The Bertz CT molecular complexity index is 831.